The third-order valence-electron chi connectivity index (χ3n) is 4.60. The molecule has 0 bridgehead atoms. The van der Waals surface area contributed by atoms with Gasteiger partial charge in [-0.1, -0.05) is 0 Å². The first kappa shape index (κ1) is 21.1. The number of sulfonamides is 1. The van der Waals surface area contributed by atoms with Crippen LogP contribution in [-0.2, 0) is 16.4 Å². The minimum Gasteiger partial charge on any atom is -0.495 e. The van der Waals surface area contributed by atoms with Crippen LogP contribution in [0, 0.1) is 20.8 Å². The van der Waals surface area contributed by atoms with Crippen LogP contribution in [0.2, 0.25) is 0 Å². The zero-order valence-electron chi connectivity index (χ0n) is 16.7. The van der Waals surface area contributed by atoms with Crippen LogP contribution in [0.25, 0.3) is 0 Å². The third kappa shape index (κ3) is 4.73. The van der Waals surface area contributed by atoms with Gasteiger partial charge in [0.1, 0.15) is 10.6 Å². The summed E-state index contributed by atoms with van der Waals surface area (Å²) in [5.41, 5.74) is 3.87. The molecule has 0 aliphatic carbocycles. The van der Waals surface area contributed by atoms with Crippen molar-refractivity contribution in [1.29, 1.82) is 0 Å². The molecule has 27 heavy (non-hydrogen) atoms. The Hall–Kier alpha value is -2.25. The molecule has 1 N–H and O–H groups in total. The van der Waals surface area contributed by atoms with Crippen molar-refractivity contribution in [3.05, 3.63) is 46.5 Å². The number of methoxy groups -OCH3 is 3. The van der Waals surface area contributed by atoms with Crippen molar-refractivity contribution in [3.63, 3.8) is 0 Å². The van der Waals surface area contributed by atoms with Crippen LogP contribution in [0.4, 0.5) is 0 Å². The number of aryl methyl sites for hydroxylation is 3. The molecule has 148 valence electrons. The number of hydrogen-bond donors (Lipinski definition) is 1. The van der Waals surface area contributed by atoms with Crippen LogP contribution < -0.4 is 18.9 Å². The van der Waals surface area contributed by atoms with Crippen molar-refractivity contribution in [2.75, 3.05) is 27.9 Å². The lowest BCUT2D eigenvalue weighted by molar-refractivity contribution is 0.354. The molecule has 2 aromatic carbocycles. The quantitative estimate of drug-likeness (QED) is 0.746. The number of ether oxygens (including phenoxy) is 3. The predicted octanol–water partition coefficient (Wildman–Crippen LogP) is 3.16. The van der Waals surface area contributed by atoms with Gasteiger partial charge in [0.2, 0.25) is 10.0 Å². The molecule has 0 aromatic heterocycles. The number of rotatable bonds is 8. The monoisotopic (exact) mass is 393 g/mol. The van der Waals surface area contributed by atoms with Gasteiger partial charge < -0.3 is 14.2 Å². The maximum atomic E-state index is 12.7. The fraction of sp³-hybridized carbons (Fsp3) is 0.400. The highest BCUT2D eigenvalue weighted by molar-refractivity contribution is 7.89. The standard InChI is InChI=1S/C20H27NO5S/c1-13-9-19(26-6)20(11-14(13)2)27(22,23)21-8-7-16-12-18(25-5)17(24-4)10-15(16)3/h9-12,21H,7-8H2,1-6H3. The maximum absolute atomic E-state index is 12.7. The average molecular weight is 394 g/mol. The summed E-state index contributed by atoms with van der Waals surface area (Å²) in [6.45, 7) is 6.01. The Bertz CT molecular complexity index is 922. The lowest BCUT2D eigenvalue weighted by atomic mass is 10.0. The summed E-state index contributed by atoms with van der Waals surface area (Å²) in [5.74, 6) is 1.61. The highest BCUT2D eigenvalue weighted by Crippen LogP contribution is 2.31. The lowest BCUT2D eigenvalue weighted by Crippen LogP contribution is -2.26. The molecule has 0 amide bonds. The molecule has 2 aromatic rings. The molecule has 0 saturated heterocycles. The van der Waals surface area contributed by atoms with Crippen molar-refractivity contribution >= 4 is 10.0 Å². The number of nitrogens with one attached hydrogen (secondary N) is 1. The molecule has 0 aliphatic rings. The minimum absolute atomic E-state index is 0.150. The predicted molar refractivity (Wildman–Crippen MR) is 106 cm³/mol. The molecular formula is C20H27NO5S. The van der Waals surface area contributed by atoms with E-state index in [1.165, 1.54) is 7.11 Å². The highest BCUT2D eigenvalue weighted by atomic mass is 32.2. The summed E-state index contributed by atoms with van der Waals surface area (Å²) in [6, 6.07) is 7.13. The van der Waals surface area contributed by atoms with E-state index in [1.54, 1.807) is 26.4 Å². The summed E-state index contributed by atoms with van der Waals surface area (Å²) in [6.07, 6.45) is 0.526. The van der Waals surface area contributed by atoms with Crippen LogP contribution in [0.3, 0.4) is 0 Å². The molecule has 2 rings (SSSR count). The van der Waals surface area contributed by atoms with Crippen molar-refractivity contribution in [2.45, 2.75) is 32.1 Å². The Kier molecular flexibility index (Phi) is 6.73. The van der Waals surface area contributed by atoms with Gasteiger partial charge in [-0.15, -0.1) is 0 Å². The minimum atomic E-state index is -3.68. The van der Waals surface area contributed by atoms with Crippen LogP contribution in [0.5, 0.6) is 17.2 Å². The van der Waals surface area contributed by atoms with E-state index in [9.17, 15) is 8.42 Å². The Labute approximate surface area is 161 Å². The average Bonchev–Trinajstić information content (AvgIpc) is 2.64. The van der Waals surface area contributed by atoms with E-state index >= 15 is 0 Å². The molecule has 0 aliphatic heterocycles. The van der Waals surface area contributed by atoms with Gasteiger partial charge in [-0.05, 0) is 73.7 Å². The second kappa shape index (κ2) is 8.63. The molecule has 0 saturated carbocycles. The fourth-order valence-electron chi connectivity index (χ4n) is 2.82. The normalized spacial score (nSPS) is 11.3. The van der Waals surface area contributed by atoms with Crippen molar-refractivity contribution in [2.24, 2.45) is 0 Å². The summed E-state index contributed by atoms with van der Waals surface area (Å²) >= 11 is 0. The summed E-state index contributed by atoms with van der Waals surface area (Å²) < 4.78 is 44.0. The topological polar surface area (TPSA) is 73.9 Å². The Balaban J connectivity index is 2.19. The molecular weight excluding hydrogens is 366 g/mol. The van der Waals surface area contributed by atoms with Gasteiger partial charge in [0.15, 0.2) is 11.5 Å². The highest BCUT2D eigenvalue weighted by Gasteiger charge is 2.20. The molecule has 6 nitrogen and oxygen atoms in total. The van der Waals surface area contributed by atoms with Crippen molar-refractivity contribution in [1.82, 2.24) is 4.72 Å². The first-order valence-electron chi connectivity index (χ1n) is 8.60. The van der Waals surface area contributed by atoms with E-state index in [0.29, 0.717) is 23.7 Å². The van der Waals surface area contributed by atoms with E-state index in [0.717, 1.165) is 22.3 Å². The van der Waals surface area contributed by atoms with E-state index in [2.05, 4.69) is 4.72 Å². The van der Waals surface area contributed by atoms with Crippen LogP contribution >= 0.6 is 0 Å². The van der Waals surface area contributed by atoms with Crippen molar-refractivity contribution < 1.29 is 22.6 Å². The Morgan fingerprint density at radius 3 is 1.89 bits per heavy atom. The molecule has 0 heterocycles. The summed E-state index contributed by atoms with van der Waals surface area (Å²) in [5, 5.41) is 0. The zero-order chi connectivity index (χ0) is 20.2. The zero-order valence-corrected chi connectivity index (χ0v) is 17.5. The number of hydrogen-bond acceptors (Lipinski definition) is 5. The summed E-state index contributed by atoms with van der Waals surface area (Å²) in [4.78, 5) is 0.150. The van der Waals surface area contributed by atoms with E-state index in [-0.39, 0.29) is 11.4 Å². The molecule has 0 radical (unpaired) electrons. The third-order valence-corrected chi connectivity index (χ3v) is 6.08. The van der Waals surface area contributed by atoms with Gasteiger partial charge in [-0.25, -0.2) is 13.1 Å². The van der Waals surface area contributed by atoms with Crippen LogP contribution in [0.1, 0.15) is 22.3 Å². The molecule has 0 unspecified atom stereocenters. The van der Waals surface area contributed by atoms with Gasteiger partial charge >= 0.3 is 0 Å². The van der Waals surface area contributed by atoms with Crippen LogP contribution in [-0.4, -0.2) is 36.3 Å². The largest absolute Gasteiger partial charge is 0.495 e. The Morgan fingerprint density at radius 2 is 1.30 bits per heavy atom. The van der Waals surface area contributed by atoms with Gasteiger partial charge in [-0.2, -0.15) is 0 Å². The SMILES string of the molecule is COc1cc(C)c(CCNS(=O)(=O)c2cc(C)c(C)cc2OC)cc1OC. The Morgan fingerprint density at radius 1 is 0.778 bits per heavy atom. The fourth-order valence-corrected chi connectivity index (χ4v) is 4.09. The van der Waals surface area contributed by atoms with Gasteiger partial charge in [0.25, 0.3) is 0 Å². The van der Waals surface area contributed by atoms with Gasteiger partial charge in [0.05, 0.1) is 21.3 Å². The van der Waals surface area contributed by atoms with E-state index in [4.69, 9.17) is 14.2 Å². The van der Waals surface area contributed by atoms with Gasteiger partial charge in [-0.3, -0.25) is 0 Å². The molecule has 7 heteroatoms. The van der Waals surface area contributed by atoms with Gasteiger partial charge in [0, 0.05) is 6.54 Å². The maximum Gasteiger partial charge on any atom is 0.244 e. The lowest BCUT2D eigenvalue weighted by Gasteiger charge is -2.15. The first-order valence-corrected chi connectivity index (χ1v) is 10.1. The van der Waals surface area contributed by atoms with E-state index < -0.39 is 10.0 Å². The second-order valence-electron chi connectivity index (χ2n) is 6.37. The second-order valence-corrected chi connectivity index (χ2v) is 8.10. The molecule has 0 atom stereocenters. The summed E-state index contributed by atoms with van der Waals surface area (Å²) in [7, 11) is 0.944. The van der Waals surface area contributed by atoms with Crippen molar-refractivity contribution in [3.8, 4) is 17.2 Å². The first-order chi connectivity index (χ1) is 12.7. The number of benzene rings is 2. The van der Waals surface area contributed by atoms with E-state index in [1.807, 2.05) is 32.9 Å². The van der Waals surface area contributed by atoms with Crippen LogP contribution in [0.15, 0.2) is 29.2 Å². The molecule has 0 spiro atoms. The molecule has 0 fully saturated rings. The smallest absolute Gasteiger partial charge is 0.244 e.